The van der Waals surface area contributed by atoms with Gasteiger partial charge < -0.3 is 0 Å². The van der Waals surface area contributed by atoms with Gasteiger partial charge in [-0.1, -0.05) is 67.6 Å². The van der Waals surface area contributed by atoms with E-state index in [1.165, 1.54) is 5.57 Å². The fourth-order valence-electron chi connectivity index (χ4n) is 4.27. The fourth-order valence-corrected chi connectivity index (χ4v) is 4.27. The molecule has 0 heterocycles. The minimum Gasteiger partial charge on any atom is -0.206 e. The number of aryl methyl sites for hydroxylation is 1. The van der Waals surface area contributed by atoms with Gasteiger partial charge in [0.2, 0.25) is 0 Å². The molecule has 1 aliphatic carbocycles. The standard InChI is InChI=1S/C29H27F3/c1-3-4-5-23-14-17-26(29(32)28(23)31)22-12-10-21(11-13-22)25-16-15-24(18-27(25)30)20-8-6-19(2)7-9-20/h3,8,10-19H,1,4-7,9H2,2H3. The smallest absolute Gasteiger partial charge is 0.166 e. The van der Waals surface area contributed by atoms with Gasteiger partial charge in [-0.05, 0) is 71.9 Å². The largest absolute Gasteiger partial charge is 0.206 e. The Kier molecular flexibility index (Phi) is 6.64. The molecule has 0 N–H and O–H groups in total. The van der Waals surface area contributed by atoms with Crippen LogP contribution in [0.25, 0.3) is 27.8 Å². The van der Waals surface area contributed by atoms with Crippen molar-refractivity contribution in [1.82, 2.24) is 0 Å². The average Bonchev–Trinajstić information content (AvgIpc) is 2.81. The number of benzene rings is 3. The van der Waals surface area contributed by atoms with E-state index in [9.17, 15) is 13.2 Å². The number of rotatable bonds is 6. The molecule has 1 unspecified atom stereocenters. The van der Waals surface area contributed by atoms with Crippen molar-refractivity contribution < 1.29 is 13.2 Å². The molecule has 0 saturated heterocycles. The maximum atomic E-state index is 14.9. The summed E-state index contributed by atoms with van der Waals surface area (Å²) in [6.07, 6.45) is 8.04. The maximum absolute atomic E-state index is 14.9. The first kappa shape index (κ1) is 22.1. The second-order valence-corrected chi connectivity index (χ2v) is 8.61. The molecule has 0 saturated carbocycles. The van der Waals surface area contributed by atoms with E-state index in [2.05, 4.69) is 19.6 Å². The zero-order valence-corrected chi connectivity index (χ0v) is 18.3. The molecule has 3 aromatic rings. The summed E-state index contributed by atoms with van der Waals surface area (Å²) in [4.78, 5) is 0. The molecule has 0 spiro atoms. The summed E-state index contributed by atoms with van der Waals surface area (Å²) in [5, 5.41) is 0. The van der Waals surface area contributed by atoms with Gasteiger partial charge in [-0.2, -0.15) is 0 Å². The summed E-state index contributed by atoms with van der Waals surface area (Å²) in [5.74, 6) is -1.27. The molecule has 0 aromatic heterocycles. The lowest BCUT2D eigenvalue weighted by Crippen LogP contribution is -2.01. The van der Waals surface area contributed by atoms with Crippen molar-refractivity contribution in [3.8, 4) is 22.3 Å². The Balaban J connectivity index is 1.58. The van der Waals surface area contributed by atoms with Gasteiger partial charge in [0.25, 0.3) is 0 Å². The number of halogens is 3. The van der Waals surface area contributed by atoms with Gasteiger partial charge in [-0.3, -0.25) is 0 Å². The van der Waals surface area contributed by atoms with E-state index >= 15 is 0 Å². The lowest BCUT2D eigenvalue weighted by molar-refractivity contribution is 0.501. The van der Waals surface area contributed by atoms with E-state index < -0.39 is 11.6 Å². The van der Waals surface area contributed by atoms with Gasteiger partial charge in [-0.25, -0.2) is 13.2 Å². The highest BCUT2D eigenvalue weighted by molar-refractivity contribution is 5.74. The van der Waals surface area contributed by atoms with Crippen LogP contribution in [0.2, 0.25) is 0 Å². The predicted molar refractivity (Wildman–Crippen MR) is 127 cm³/mol. The lowest BCUT2D eigenvalue weighted by Gasteiger charge is -2.19. The molecule has 164 valence electrons. The molecule has 32 heavy (non-hydrogen) atoms. The van der Waals surface area contributed by atoms with Crippen molar-refractivity contribution >= 4 is 5.57 Å². The minimum atomic E-state index is -0.857. The van der Waals surface area contributed by atoms with Crippen molar-refractivity contribution in [3.63, 3.8) is 0 Å². The summed E-state index contributed by atoms with van der Waals surface area (Å²) >= 11 is 0. The number of hydrogen-bond acceptors (Lipinski definition) is 0. The molecule has 0 aliphatic heterocycles. The molecule has 1 atom stereocenters. The third-order valence-electron chi connectivity index (χ3n) is 6.30. The highest BCUT2D eigenvalue weighted by Gasteiger charge is 2.16. The van der Waals surface area contributed by atoms with Gasteiger partial charge in [0.15, 0.2) is 11.6 Å². The van der Waals surface area contributed by atoms with E-state index in [1.54, 1.807) is 54.6 Å². The van der Waals surface area contributed by atoms with Crippen LogP contribution in [0.15, 0.2) is 73.3 Å². The van der Waals surface area contributed by atoms with Gasteiger partial charge >= 0.3 is 0 Å². The van der Waals surface area contributed by atoms with E-state index in [-0.39, 0.29) is 11.4 Å². The van der Waals surface area contributed by atoms with Gasteiger partial charge in [-0.15, -0.1) is 6.58 Å². The predicted octanol–water partition coefficient (Wildman–Crippen LogP) is 8.76. The van der Waals surface area contributed by atoms with Gasteiger partial charge in [0.1, 0.15) is 5.82 Å². The highest BCUT2D eigenvalue weighted by atomic mass is 19.2. The molecule has 0 fully saturated rings. The first-order chi connectivity index (χ1) is 15.5. The van der Waals surface area contributed by atoms with Crippen LogP contribution in [-0.4, -0.2) is 0 Å². The van der Waals surface area contributed by atoms with Crippen molar-refractivity contribution in [3.05, 3.63) is 102 Å². The van der Waals surface area contributed by atoms with Crippen molar-refractivity contribution in [1.29, 1.82) is 0 Å². The molecule has 0 radical (unpaired) electrons. The van der Waals surface area contributed by atoms with Crippen molar-refractivity contribution in [2.24, 2.45) is 5.92 Å². The Morgan fingerprint density at radius 1 is 0.875 bits per heavy atom. The van der Waals surface area contributed by atoms with E-state index in [4.69, 9.17) is 0 Å². The van der Waals surface area contributed by atoms with Crippen LogP contribution in [0.4, 0.5) is 13.2 Å². The normalized spacial score (nSPS) is 16.0. The molecular weight excluding hydrogens is 405 g/mol. The van der Waals surface area contributed by atoms with Crippen LogP contribution < -0.4 is 0 Å². The monoisotopic (exact) mass is 432 g/mol. The maximum Gasteiger partial charge on any atom is 0.166 e. The Labute approximate surface area is 188 Å². The van der Waals surface area contributed by atoms with E-state index in [1.807, 2.05) is 6.07 Å². The molecule has 3 aromatic carbocycles. The van der Waals surface area contributed by atoms with E-state index in [0.717, 1.165) is 24.8 Å². The first-order valence-electron chi connectivity index (χ1n) is 11.2. The second-order valence-electron chi connectivity index (χ2n) is 8.61. The van der Waals surface area contributed by atoms with Crippen LogP contribution in [-0.2, 0) is 6.42 Å². The van der Waals surface area contributed by atoms with E-state index in [0.29, 0.717) is 41.0 Å². The van der Waals surface area contributed by atoms with Crippen LogP contribution in [0.3, 0.4) is 0 Å². The summed E-state index contributed by atoms with van der Waals surface area (Å²) in [5.41, 5.74) is 4.43. The Morgan fingerprint density at radius 3 is 2.16 bits per heavy atom. The van der Waals surface area contributed by atoms with Gasteiger partial charge in [0.05, 0.1) is 0 Å². The first-order valence-corrected chi connectivity index (χ1v) is 11.2. The molecular formula is C29H27F3. The number of allylic oxidation sites excluding steroid dienone is 3. The molecule has 1 aliphatic rings. The third-order valence-corrected chi connectivity index (χ3v) is 6.30. The fraction of sp³-hybridized carbons (Fsp3) is 0.241. The summed E-state index contributed by atoms with van der Waals surface area (Å²) < 4.78 is 44.0. The minimum absolute atomic E-state index is 0.200. The number of hydrogen-bond donors (Lipinski definition) is 0. The van der Waals surface area contributed by atoms with Crippen LogP contribution in [0.5, 0.6) is 0 Å². The van der Waals surface area contributed by atoms with Crippen molar-refractivity contribution in [2.75, 3.05) is 0 Å². The zero-order chi connectivity index (χ0) is 22.7. The molecule has 4 rings (SSSR count). The topological polar surface area (TPSA) is 0 Å². The van der Waals surface area contributed by atoms with Crippen LogP contribution in [0, 0.1) is 23.4 Å². The summed E-state index contributed by atoms with van der Waals surface area (Å²) in [7, 11) is 0. The molecule has 3 heteroatoms. The SMILES string of the molecule is C=CCCc1ccc(-c2ccc(-c3ccc(C4=CCC(C)CC4)cc3F)cc2)c(F)c1F. The third kappa shape index (κ3) is 4.57. The quantitative estimate of drug-likeness (QED) is 0.342. The summed E-state index contributed by atoms with van der Waals surface area (Å²) in [6, 6.07) is 15.5. The van der Waals surface area contributed by atoms with Crippen LogP contribution >= 0.6 is 0 Å². The van der Waals surface area contributed by atoms with Crippen LogP contribution in [0.1, 0.15) is 43.7 Å². The van der Waals surface area contributed by atoms with Crippen molar-refractivity contribution in [2.45, 2.75) is 39.0 Å². The second kappa shape index (κ2) is 9.60. The summed E-state index contributed by atoms with van der Waals surface area (Å²) in [6.45, 7) is 5.85. The van der Waals surface area contributed by atoms with Gasteiger partial charge in [0, 0.05) is 11.1 Å². The molecule has 0 nitrogen and oxygen atoms in total. The zero-order valence-electron chi connectivity index (χ0n) is 18.3. The highest BCUT2D eigenvalue weighted by Crippen LogP contribution is 2.34. The average molecular weight is 433 g/mol. The molecule has 0 bridgehead atoms. The Morgan fingerprint density at radius 2 is 1.53 bits per heavy atom. The molecule has 0 amide bonds. The Bertz CT molecular complexity index is 1160. The Hall–Kier alpha value is -3.07. The lowest BCUT2D eigenvalue weighted by atomic mass is 9.87.